The molecule has 2 rings (SSSR count). The van der Waals surface area contributed by atoms with Crippen LogP contribution in [0, 0.1) is 0 Å². The van der Waals surface area contributed by atoms with Gasteiger partial charge in [0.25, 0.3) is 0 Å². The number of hydrogen-bond acceptors (Lipinski definition) is 5. The average Bonchev–Trinajstić information content (AvgIpc) is 2.38. The predicted octanol–water partition coefficient (Wildman–Crippen LogP) is 0.343. The van der Waals surface area contributed by atoms with Crippen LogP contribution in [0.25, 0.3) is 0 Å². The molecule has 0 radical (unpaired) electrons. The molecule has 3 N–H and O–H groups in total. The van der Waals surface area contributed by atoms with E-state index in [0.717, 1.165) is 5.56 Å². The van der Waals surface area contributed by atoms with Gasteiger partial charge in [-0.1, -0.05) is 6.92 Å². The molecule has 2 unspecified atom stereocenters. The lowest BCUT2D eigenvalue weighted by Crippen LogP contribution is -2.58. The molecule has 2 heterocycles. The topological polar surface area (TPSA) is 88.3 Å². The van der Waals surface area contributed by atoms with E-state index in [1.807, 2.05) is 26.0 Å². The number of carbonyl (C=O) groups excluding carboxylic acids is 2. The van der Waals surface area contributed by atoms with E-state index in [9.17, 15) is 9.59 Å². The van der Waals surface area contributed by atoms with E-state index in [-0.39, 0.29) is 30.4 Å². The van der Waals surface area contributed by atoms with Crippen molar-refractivity contribution in [1.29, 1.82) is 0 Å². The molecule has 2 atom stereocenters. The monoisotopic (exact) mass is 262 g/mol. The first-order valence-electron chi connectivity index (χ1n) is 6.34. The van der Waals surface area contributed by atoms with E-state index in [2.05, 4.69) is 10.3 Å². The zero-order chi connectivity index (χ0) is 14.0. The Morgan fingerprint density at radius 3 is 2.95 bits per heavy atom. The number of piperazine rings is 1. The lowest BCUT2D eigenvalue weighted by molar-refractivity contribution is -0.132. The van der Waals surface area contributed by atoms with E-state index in [0.29, 0.717) is 12.2 Å². The fourth-order valence-corrected chi connectivity index (χ4v) is 2.19. The zero-order valence-electron chi connectivity index (χ0n) is 11.1. The molecule has 0 aromatic carbocycles. The first kappa shape index (κ1) is 13.5. The summed E-state index contributed by atoms with van der Waals surface area (Å²) in [6.45, 7) is 3.92. The number of nitrogens with zero attached hydrogens (tertiary/aromatic N) is 2. The SMILES string of the molecule is CCC1C(=O)NC(=O)CN1c1cc(C(C)N)ccn1. The standard InChI is InChI=1S/C13H18N4O2/c1-3-10-13(19)16-12(18)7-17(10)11-6-9(8(2)14)4-5-15-11/h4-6,8,10H,3,7,14H2,1-2H3,(H,16,18,19). The van der Waals surface area contributed by atoms with Crippen LogP contribution in [0.4, 0.5) is 5.82 Å². The molecule has 102 valence electrons. The first-order valence-corrected chi connectivity index (χ1v) is 6.34. The summed E-state index contributed by atoms with van der Waals surface area (Å²) < 4.78 is 0. The van der Waals surface area contributed by atoms with Crippen LogP contribution in [0.1, 0.15) is 31.9 Å². The van der Waals surface area contributed by atoms with Crippen LogP contribution in [-0.4, -0.2) is 29.4 Å². The van der Waals surface area contributed by atoms with Gasteiger partial charge in [-0.3, -0.25) is 14.9 Å². The van der Waals surface area contributed by atoms with Crippen molar-refractivity contribution in [2.75, 3.05) is 11.4 Å². The number of nitrogens with one attached hydrogen (secondary N) is 1. The van der Waals surface area contributed by atoms with Crippen LogP contribution in [-0.2, 0) is 9.59 Å². The molecule has 1 aromatic heterocycles. The molecule has 1 aromatic rings. The van der Waals surface area contributed by atoms with Gasteiger partial charge in [0.1, 0.15) is 11.9 Å². The molecule has 19 heavy (non-hydrogen) atoms. The molecule has 1 fully saturated rings. The second-order valence-corrected chi connectivity index (χ2v) is 4.70. The maximum absolute atomic E-state index is 11.8. The number of nitrogens with two attached hydrogens (primary N) is 1. The van der Waals surface area contributed by atoms with Gasteiger partial charge < -0.3 is 10.6 Å². The zero-order valence-corrected chi connectivity index (χ0v) is 11.1. The molecule has 0 spiro atoms. The minimum absolute atomic E-state index is 0.115. The van der Waals surface area contributed by atoms with E-state index >= 15 is 0 Å². The van der Waals surface area contributed by atoms with Gasteiger partial charge in [0.15, 0.2) is 0 Å². The van der Waals surface area contributed by atoms with Crippen LogP contribution in [0.3, 0.4) is 0 Å². The Labute approximate surface area is 112 Å². The maximum atomic E-state index is 11.8. The van der Waals surface area contributed by atoms with Crippen LogP contribution in [0.2, 0.25) is 0 Å². The molecule has 0 bridgehead atoms. The van der Waals surface area contributed by atoms with Gasteiger partial charge in [-0.05, 0) is 31.0 Å². The number of anilines is 1. The van der Waals surface area contributed by atoms with Crippen LogP contribution in [0.5, 0.6) is 0 Å². The second-order valence-electron chi connectivity index (χ2n) is 4.70. The molecule has 1 aliphatic heterocycles. The molecule has 1 saturated heterocycles. The molecule has 6 nitrogen and oxygen atoms in total. The molecule has 6 heteroatoms. The smallest absolute Gasteiger partial charge is 0.249 e. The summed E-state index contributed by atoms with van der Waals surface area (Å²) in [5.41, 5.74) is 6.77. The Hall–Kier alpha value is -1.95. The van der Waals surface area contributed by atoms with Gasteiger partial charge in [0, 0.05) is 12.2 Å². The predicted molar refractivity (Wildman–Crippen MR) is 71.4 cm³/mol. The summed E-state index contributed by atoms with van der Waals surface area (Å²) in [4.78, 5) is 29.3. The highest BCUT2D eigenvalue weighted by atomic mass is 16.2. The van der Waals surface area contributed by atoms with Crippen molar-refractivity contribution < 1.29 is 9.59 Å². The fraction of sp³-hybridized carbons (Fsp3) is 0.462. The van der Waals surface area contributed by atoms with Crippen LogP contribution >= 0.6 is 0 Å². The summed E-state index contributed by atoms with van der Waals surface area (Å²) in [5.74, 6) is 0.0410. The van der Waals surface area contributed by atoms with Crippen LogP contribution < -0.4 is 16.0 Å². The number of carbonyl (C=O) groups is 2. The van der Waals surface area contributed by atoms with Gasteiger partial charge in [0.05, 0.1) is 6.54 Å². The number of hydrogen-bond donors (Lipinski definition) is 2. The highest BCUT2D eigenvalue weighted by Crippen LogP contribution is 2.21. The van der Waals surface area contributed by atoms with Gasteiger partial charge in [-0.2, -0.15) is 0 Å². The average molecular weight is 262 g/mol. The summed E-state index contributed by atoms with van der Waals surface area (Å²) in [5, 5.41) is 2.35. The quantitative estimate of drug-likeness (QED) is 0.767. The lowest BCUT2D eigenvalue weighted by atomic mass is 10.1. The highest BCUT2D eigenvalue weighted by molar-refractivity contribution is 6.04. The normalized spacial score (nSPS) is 21.2. The molecule has 0 saturated carbocycles. The Bertz CT molecular complexity index is 501. The third kappa shape index (κ3) is 2.73. The molecule has 2 amide bonds. The summed E-state index contributed by atoms with van der Waals surface area (Å²) in [7, 11) is 0. The van der Waals surface area contributed by atoms with Crippen molar-refractivity contribution in [3.05, 3.63) is 23.9 Å². The number of pyridine rings is 1. The Morgan fingerprint density at radius 1 is 1.58 bits per heavy atom. The van der Waals surface area contributed by atoms with Crippen molar-refractivity contribution in [3.63, 3.8) is 0 Å². The number of rotatable bonds is 3. The minimum atomic E-state index is -0.367. The van der Waals surface area contributed by atoms with E-state index < -0.39 is 0 Å². The second kappa shape index (κ2) is 5.36. The Morgan fingerprint density at radius 2 is 2.32 bits per heavy atom. The lowest BCUT2D eigenvalue weighted by Gasteiger charge is -2.34. The summed E-state index contributed by atoms with van der Waals surface area (Å²) in [6, 6.07) is 3.19. The molecular weight excluding hydrogens is 244 g/mol. The van der Waals surface area contributed by atoms with Crippen molar-refractivity contribution in [3.8, 4) is 0 Å². The molecule has 1 aliphatic rings. The van der Waals surface area contributed by atoms with Crippen molar-refractivity contribution >= 4 is 17.6 Å². The third-order valence-corrected chi connectivity index (χ3v) is 3.23. The van der Waals surface area contributed by atoms with Crippen molar-refractivity contribution in [2.45, 2.75) is 32.4 Å². The first-order chi connectivity index (χ1) is 9.02. The number of aromatic nitrogens is 1. The van der Waals surface area contributed by atoms with E-state index in [4.69, 9.17) is 5.73 Å². The maximum Gasteiger partial charge on any atom is 0.249 e. The number of imide groups is 1. The molecule has 0 aliphatic carbocycles. The Balaban J connectivity index is 2.34. The van der Waals surface area contributed by atoms with E-state index in [1.54, 1.807) is 11.1 Å². The molecular formula is C13H18N4O2. The fourth-order valence-electron chi connectivity index (χ4n) is 2.19. The third-order valence-electron chi connectivity index (χ3n) is 3.23. The largest absolute Gasteiger partial charge is 0.335 e. The summed E-state index contributed by atoms with van der Waals surface area (Å²) in [6.07, 6.45) is 2.26. The van der Waals surface area contributed by atoms with Gasteiger partial charge in [-0.25, -0.2) is 4.98 Å². The minimum Gasteiger partial charge on any atom is -0.335 e. The summed E-state index contributed by atoms with van der Waals surface area (Å²) >= 11 is 0. The van der Waals surface area contributed by atoms with Gasteiger partial charge in [-0.15, -0.1) is 0 Å². The number of amides is 2. The van der Waals surface area contributed by atoms with E-state index in [1.165, 1.54) is 0 Å². The highest BCUT2D eigenvalue weighted by Gasteiger charge is 2.33. The van der Waals surface area contributed by atoms with Crippen molar-refractivity contribution in [2.24, 2.45) is 5.73 Å². The van der Waals surface area contributed by atoms with Crippen molar-refractivity contribution in [1.82, 2.24) is 10.3 Å². The van der Waals surface area contributed by atoms with Crippen LogP contribution in [0.15, 0.2) is 18.3 Å². The Kier molecular flexibility index (Phi) is 3.80. The van der Waals surface area contributed by atoms with Gasteiger partial charge in [0.2, 0.25) is 11.8 Å². The van der Waals surface area contributed by atoms with Gasteiger partial charge >= 0.3 is 0 Å².